The minimum Gasteiger partial charge on any atom is -0.378 e. The molecular formula is C11H21NO2. The fourth-order valence-corrected chi connectivity index (χ4v) is 2.11. The van der Waals surface area contributed by atoms with E-state index < -0.39 is 6.23 Å². The van der Waals surface area contributed by atoms with Crippen LogP contribution in [-0.2, 0) is 4.79 Å². The lowest BCUT2D eigenvalue weighted by Crippen LogP contribution is -2.35. The van der Waals surface area contributed by atoms with E-state index in [0.717, 1.165) is 12.8 Å². The largest absolute Gasteiger partial charge is 0.378 e. The molecule has 3 nitrogen and oxygen atoms in total. The minimum atomic E-state index is -0.511. The molecule has 82 valence electrons. The van der Waals surface area contributed by atoms with Gasteiger partial charge in [0, 0.05) is 5.92 Å². The quantitative estimate of drug-likeness (QED) is 0.705. The second-order valence-corrected chi connectivity index (χ2v) is 5.54. The van der Waals surface area contributed by atoms with Crippen LogP contribution in [0.5, 0.6) is 0 Å². The Labute approximate surface area is 85.9 Å². The normalized spacial score (nSPS) is 33.4. The number of carbonyl (C=O) groups excluding carboxylic acids is 1. The van der Waals surface area contributed by atoms with Crippen LogP contribution in [0.15, 0.2) is 0 Å². The summed E-state index contributed by atoms with van der Waals surface area (Å²) < 4.78 is 0. The summed E-state index contributed by atoms with van der Waals surface area (Å²) in [6.07, 6.45) is 1.21. The molecule has 1 unspecified atom stereocenters. The van der Waals surface area contributed by atoms with Crippen molar-refractivity contribution in [1.82, 2.24) is 5.32 Å². The molecule has 2 N–H and O–H groups in total. The van der Waals surface area contributed by atoms with E-state index in [1.165, 1.54) is 0 Å². The van der Waals surface area contributed by atoms with Gasteiger partial charge in [0.1, 0.15) is 12.0 Å². The number of carbonyl (C=O) groups is 1. The molecule has 0 amide bonds. The summed E-state index contributed by atoms with van der Waals surface area (Å²) in [5.41, 5.74) is 0.207. The van der Waals surface area contributed by atoms with Gasteiger partial charge in [-0.25, -0.2) is 0 Å². The van der Waals surface area contributed by atoms with Crippen molar-refractivity contribution in [3.05, 3.63) is 0 Å². The summed E-state index contributed by atoms with van der Waals surface area (Å²) >= 11 is 0. The maximum atomic E-state index is 11.1. The summed E-state index contributed by atoms with van der Waals surface area (Å²) in [6.45, 7) is 8.03. The summed E-state index contributed by atoms with van der Waals surface area (Å²) in [6, 6.07) is -0.141. The number of rotatable bonds is 2. The predicted molar refractivity (Wildman–Crippen MR) is 55.8 cm³/mol. The number of nitrogens with one attached hydrogen (secondary N) is 1. The Hall–Kier alpha value is -0.410. The second-order valence-electron chi connectivity index (χ2n) is 5.54. The highest BCUT2D eigenvalue weighted by Crippen LogP contribution is 2.32. The Balaban J connectivity index is 2.53. The maximum Gasteiger partial charge on any atom is 0.146 e. The highest BCUT2D eigenvalue weighted by Gasteiger charge is 2.36. The van der Waals surface area contributed by atoms with Crippen LogP contribution in [0.3, 0.4) is 0 Å². The third-order valence-corrected chi connectivity index (χ3v) is 2.72. The van der Waals surface area contributed by atoms with E-state index in [1.807, 2.05) is 0 Å². The maximum absolute atomic E-state index is 11.1. The molecule has 1 heterocycles. The van der Waals surface area contributed by atoms with Crippen LogP contribution in [0.25, 0.3) is 0 Å². The van der Waals surface area contributed by atoms with E-state index in [9.17, 15) is 9.90 Å². The van der Waals surface area contributed by atoms with Gasteiger partial charge in [-0.15, -0.1) is 0 Å². The Kier molecular flexibility index (Phi) is 3.32. The van der Waals surface area contributed by atoms with Gasteiger partial charge in [-0.1, -0.05) is 20.8 Å². The van der Waals surface area contributed by atoms with Crippen LogP contribution in [0.1, 0.15) is 40.5 Å². The highest BCUT2D eigenvalue weighted by molar-refractivity contribution is 5.81. The highest BCUT2D eigenvalue weighted by atomic mass is 16.3. The summed E-state index contributed by atoms with van der Waals surface area (Å²) in [4.78, 5) is 11.1. The van der Waals surface area contributed by atoms with Crippen molar-refractivity contribution < 1.29 is 9.90 Å². The van der Waals surface area contributed by atoms with E-state index in [1.54, 1.807) is 6.92 Å². The average molecular weight is 199 g/mol. The average Bonchev–Trinajstić information content (AvgIpc) is 2.29. The Morgan fingerprint density at radius 3 is 2.43 bits per heavy atom. The van der Waals surface area contributed by atoms with Gasteiger partial charge in [0.05, 0.1) is 6.04 Å². The standard InChI is InChI=1S/C11H21NO2/c1-7(13)9-5-8(10(14)12-9)6-11(2,3)4/h8-10,12,14H,5-6H2,1-4H3/t8-,9-,10?/m0/s1. The van der Waals surface area contributed by atoms with E-state index in [0.29, 0.717) is 0 Å². The lowest BCUT2D eigenvalue weighted by Gasteiger charge is -2.24. The van der Waals surface area contributed by atoms with Gasteiger partial charge in [-0.2, -0.15) is 0 Å². The van der Waals surface area contributed by atoms with Crippen molar-refractivity contribution in [2.45, 2.75) is 52.8 Å². The smallest absolute Gasteiger partial charge is 0.146 e. The van der Waals surface area contributed by atoms with E-state index in [-0.39, 0.29) is 23.2 Å². The van der Waals surface area contributed by atoms with E-state index >= 15 is 0 Å². The summed E-state index contributed by atoms with van der Waals surface area (Å²) in [5.74, 6) is 0.337. The topological polar surface area (TPSA) is 49.3 Å². The Morgan fingerprint density at radius 1 is 1.50 bits per heavy atom. The number of ketones is 1. The van der Waals surface area contributed by atoms with Gasteiger partial charge in [0.15, 0.2) is 0 Å². The molecule has 0 aromatic heterocycles. The lowest BCUT2D eigenvalue weighted by atomic mass is 9.83. The molecule has 1 aliphatic rings. The van der Waals surface area contributed by atoms with Crippen molar-refractivity contribution in [3.63, 3.8) is 0 Å². The zero-order valence-corrected chi connectivity index (χ0v) is 9.50. The molecule has 0 aliphatic carbocycles. The molecule has 14 heavy (non-hydrogen) atoms. The van der Waals surface area contributed by atoms with Crippen LogP contribution in [-0.4, -0.2) is 23.2 Å². The van der Waals surface area contributed by atoms with Crippen LogP contribution in [0, 0.1) is 11.3 Å². The molecular weight excluding hydrogens is 178 g/mol. The second kappa shape index (κ2) is 3.99. The molecule has 0 spiro atoms. The molecule has 0 aromatic rings. The Morgan fingerprint density at radius 2 is 2.07 bits per heavy atom. The molecule has 0 aromatic carbocycles. The number of Topliss-reactive ketones (excluding diaryl/α,β-unsaturated/α-hetero) is 1. The first-order valence-corrected chi connectivity index (χ1v) is 5.24. The van der Waals surface area contributed by atoms with Crippen molar-refractivity contribution in [2.75, 3.05) is 0 Å². The van der Waals surface area contributed by atoms with Crippen LogP contribution < -0.4 is 5.32 Å². The van der Waals surface area contributed by atoms with E-state index in [2.05, 4.69) is 26.1 Å². The monoisotopic (exact) mass is 199 g/mol. The fraction of sp³-hybridized carbons (Fsp3) is 0.909. The van der Waals surface area contributed by atoms with Crippen molar-refractivity contribution >= 4 is 5.78 Å². The first kappa shape index (κ1) is 11.7. The molecule has 1 aliphatic heterocycles. The van der Waals surface area contributed by atoms with Crippen LogP contribution in [0.2, 0.25) is 0 Å². The van der Waals surface area contributed by atoms with Gasteiger partial charge in [0.2, 0.25) is 0 Å². The molecule has 0 radical (unpaired) electrons. The van der Waals surface area contributed by atoms with E-state index in [4.69, 9.17) is 0 Å². The first-order valence-electron chi connectivity index (χ1n) is 5.24. The summed E-state index contributed by atoms with van der Waals surface area (Å²) in [5, 5.41) is 12.6. The minimum absolute atomic E-state index is 0.125. The lowest BCUT2D eigenvalue weighted by molar-refractivity contribution is -0.118. The molecule has 3 heteroatoms. The molecule has 1 fully saturated rings. The van der Waals surface area contributed by atoms with Crippen LogP contribution in [0.4, 0.5) is 0 Å². The first-order chi connectivity index (χ1) is 6.29. The molecule has 0 bridgehead atoms. The van der Waals surface area contributed by atoms with Crippen molar-refractivity contribution in [3.8, 4) is 0 Å². The summed E-state index contributed by atoms with van der Waals surface area (Å²) in [7, 11) is 0. The number of hydrogen-bond donors (Lipinski definition) is 2. The fourth-order valence-electron chi connectivity index (χ4n) is 2.11. The molecule has 3 atom stereocenters. The number of hydrogen-bond acceptors (Lipinski definition) is 3. The zero-order valence-electron chi connectivity index (χ0n) is 9.50. The Bertz CT molecular complexity index is 220. The van der Waals surface area contributed by atoms with Gasteiger partial charge in [-0.05, 0) is 25.2 Å². The third-order valence-electron chi connectivity index (χ3n) is 2.72. The van der Waals surface area contributed by atoms with Crippen LogP contribution >= 0.6 is 0 Å². The van der Waals surface area contributed by atoms with Gasteiger partial charge < -0.3 is 5.11 Å². The van der Waals surface area contributed by atoms with Crippen molar-refractivity contribution in [1.29, 1.82) is 0 Å². The third kappa shape index (κ3) is 3.07. The number of aliphatic hydroxyl groups excluding tert-OH is 1. The molecule has 1 saturated heterocycles. The predicted octanol–water partition coefficient (Wildman–Crippen LogP) is 1.31. The SMILES string of the molecule is CC(=O)[C@@H]1C[C@@H](CC(C)(C)C)C(O)N1. The van der Waals surface area contributed by atoms with Crippen molar-refractivity contribution in [2.24, 2.45) is 11.3 Å². The van der Waals surface area contributed by atoms with Gasteiger partial charge in [0.25, 0.3) is 0 Å². The molecule has 0 saturated carbocycles. The van der Waals surface area contributed by atoms with Gasteiger partial charge in [-0.3, -0.25) is 10.1 Å². The van der Waals surface area contributed by atoms with Gasteiger partial charge >= 0.3 is 0 Å². The number of aliphatic hydroxyl groups is 1. The molecule has 1 rings (SSSR count). The zero-order chi connectivity index (χ0) is 10.9.